The van der Waals surface area contributed by atoms with Crippen LogP contribution in [0, 0.1) is 0 Å². The zero-order valence-corrected chi connectivity index (χ0v) is 14.9. The van der Waals surface area contributed by atoms with Crippen LogP contribution < -0.4 is 11.5 Å². The van der Waals surface area contributed by atoms with E-state index in [0.717, 1.165) is 12.3 Å². The Morgan fingerprint density at radius 1 is 1.17 bits per heavy atom. The first-order valence-corrected chi connectivity index (χ1v) is 10.7. The Labute approximate surface area is 140 Å². The summed E-state index contributed by atoms with van der Waals surface area (Å²) in [6.07, 6.45) is 2.22. The summed E-state index contributed by atoms with van der Waals surface area (Å²) >= 11 is 0. The van der Waals surface area contributed by atoms with E-state index in [1.165, 1.54) is 6.07 Å². The number of amides is 1. The molecule has 0 spiro atoms. The second-order valence-corrected chi connectivity index (χ2v) is 9.85. The van der Waals surface area contributed by atoms with Gasteiger partial charge in [0.15, 0.2) is 25.6 Å². The zero-order valence-electron chi connectivity index (χ0n) is 13.3. The number of benzene rings is 1. The lowest BCUT2D eigenvalue weighted by Gasteiger charge is -2.13. The minimum Gasteiger partial charge on any atom is -0.370 e. The Kier molecular flexibility index (Phi) is 4.73. The minimum atomic E-state index is -3.87. The molecular weight excluding hydrogens is 354 g/mol. The Morgan fingerprint density at radius 3 is 2.17 bits per heavy atom. The van der Waals surface area contributed by atoms with Crippen LogP contribution in [0.25, 0.3) is 0 Å². The van der Waals surface area contributed by atoms with Crippen molar-refractivity contribution in [2.45, 2.75) is 41.2 Å². The maximum absolute atomic E-state index is 12.6. The number of aryl methyl sites for hydroxylation is 1. The van der Waals surface area contributed by atoms with Crippen LogP contribution in [0.3, 0.4) is 0 Å². The maximum atomic E-state index is 12.6. The molecule has 24 heavy (non-hydrogen) atoms. The van der Waals surface area contributed by atoms with Gasteiger partial charge in [0.25, 0.3) is 5.91 Å². The van der Waals surface area contributed by atoms with Crippen molar-refractivity contribution in [2.75, 3.05) is 6.26 Å². The highest BCUT2D eigenvalue weighted by atomic mass is 32.2. The first-order valence-electron chi connectivity index (χ1n) is 7.23. The molecule has 0 aliphatic heterocycles. The number of sulfone groups is 2. The lowest BCUT2D eigenvalue weighted by molar-refractivity contribution is 0.100. The Hall–Kier alpha value is -1.94. The molecule has 0 unspecified atom stereocenters. The van der Waals surface area contributed by atoms with E-state index in [1.807, 2.05) is 0 Å². The van der Waals surface area contributed by atoms with Crippen molar-refractivity contribution in [2.24, 2.45) is 16.5 Å². The molecule has 8 nitrogen and oxygen atoms in total. The van der Waals surface area contributed by atoms with Gasteiger partial charge in [-0.3, -0.25) is 4.79 Å². The first-order chi connectivity index (χ1) is 11.0. The molecule has 0 atom stereocenters. The lowest BCUT2D eigenvalue weighted by Crippen LogP contribution is -2.24. The number of guanidine groups is 1. The van der Waals surface area contributed by atoms with Gasteiger partial charge in [-0.2, -0.15) is 4.99 Å². The molecule has 0 radical (unpaired) electrons. The van der Waals surface area contributed by atoms with Gasteiger partial charge in [0.05, 0.1) is 15.0 Å². The summed E-state index contributed by atoms with van der Waals surface area (Å²) in [6, 6.07) is 2.30. The molecule has 4 N–H and O–H groups in total. The third-order valence-corrected chi connectivity index (χ3v) is 7.25. The molecule has 0 saturated heterocycles. The van der Waals surface area contributed by atoms with Gasteiger partial charge >= 0.3 is 0 Å². The molecule has 0 aromatic heterocycles. The number of hydrogen-bond donors (Lipinski definition) is 2. The smallest absolute Gasteiger partial charge is 0.280 e. The highest BCUT2D eigenvalue weighted by Crippen LogP contribution is 2.37. The average Bonchev–Trinajstić information content (AvgIpc) is 3.28. The quantitative estimate of drug-likeness (QED) is 0.545. The molecule has 10 heteroatoms. The molecule has 1 saturated carbocycles. The SMILES string of the molecule is CCc1cc(S(=O)(=O)C2CC2)c(S(C)(=O)=O)cc1C(=O)N=C(N)N. The summed E-state index contributed by atoms with van der Waals surface area (Å²) in [5.74, 6) is -1.27. The zero-order chi connectivity index (χ0) is 18.3. The van der Waals surface area contributed by atoms with E-state index in [4.69, 9.17) is 11.5 Å². The third kappa shape index (κ3) is 3.59. The van der Waals surface area contributed by atoms with Gasteiger partial charge in [-0.25, -0.2) is 16.8 Å². The lowest BCUT2D eigenvalue weighted by atomic mass is 10.0. The number of nitrogens with two attached hydrogens (primary N) is 2. The average molecular weight is 373 g/mol. The van der Waals surface area contributed by atoms with Crippen LogP contribution in [-0.2, 0) is 26.1 Å². The number of carbonyl (C=O) groups is 1. The van der Waals surface area contributed by atoms with Crippen molar-refractivity contribution in [1.29, 1.82) is 0 Å². The van der Waals surface area contributed by atoms with E-state index in [1.54, 1.807) is 6.92 Å². The molecule has 2 rings (SSSR count). The Morgan fingerprint density at radius 2 is 1.75 bits per heavy atom. The summed E-state index contributed by atoms with van der Waals surface area (Å²) in [4.78, 5) is 14.9. The molecule has 1 aliphatic rings. The van der Waals surface area contributed by atoms with Gasteiger partial charge in [-0.15, -0.1) is 0 Å². The standard InChI is InChI=1S/C14H19N3O5S2/c1-3-8-6-12(24(21,22)9-4-5-9)11(23(2,19)20)7-10(8)13(18)17-14(15)16/h6-7,9H,3-5H2,1-2H3,(H4,15,16,17,18). The number of carbonyl (C=O) groups excluding carboxylic acids is 1. The Bertz CT molecular complexity index is 925. The first kappa shape index (κ1) is 18.4. The molecule has 1 aromatic rings. The fraction of sp³-hybridized carbons (Fsp3) is 0.429. The molecule has 1 fully saturated rings. The third-order valence-electron chi connectivity index (χ3n) is 3.68. The van der Waals surface area contributed by atoms with E-state index in [0.29, 0.717) is 24.8 Å². The number of hydrogen-bond acceptors (Lipinski definition) is 5. The van der Waals surface area contributed by atoms with Gasteiger partial charge in [0.1, 0.15) is 0 Å². The van der Waals surface area contributed by atoms with Crippen molar-refractivity contribution in [1.82, 2.24) is 0 Å². The van der Waals surface area contributed by atoms with Gasteiger partial charge in [0.2, 0.25) is 0 Å². The second-order valence-electron chi connectivity index (χ2n) is 5.67. The summed E-state index contributed by atoms with van der Waals surface area (Å²) in [6.45, 7) is 1.72. The normalized spacial score (nSPS) is 15.1. The van der Waals surface area contributed by atoms with Gasteiger partial charge in [-0.1, -0.05) is 6.92 Å². The van der Waals surface area contributed by atoms with Crippen molar-refractivity contribution in [3.63, 3.8) is 0 Å². The van der Waals surface area contributed by atoms with Crippen LogP contribution in [-0.4, -0.2) is 40.2 Å². The fourth-order valence-corrected chi connectivity index (χ4v) is 5.66. The highest BCUT2D eigenvalue weighted by Gasteiger charge is 2.40. The summed E-state index contributed by atoms with van der Waals surface area (Å²) in [5.41, 5.74) is 10.7. The molecule has 0 bridgehead atoms. The number of aliphatic imine (C=N–C) groups is 1. The molecule has 1 aliphatic carbocycles. The van der Waals surface area contributed by atoms with Crippen LogP contribution in [0.15, 0.2) is 26.9 Å². The Balaban J connectivity index is 2.79. The van der Waals surface area contributed by atoms with Crippen molar-refractivity contribution in [3.8, 4) is 0 Å². The van der Waals surface area contributed by atoms with Crippen molar-refractivity contribution >= 4 is 31.5 Å². The second kappa shape index (κ2) is 6.17. The minimum absolute atomic E-state index is 0.0268. The van der Waals surface area contributed by atoms with Crippen molar-refractivity contribution < 1.29 is 21.6 Å². The molecule has 1 aromatic carbocycles. The van der Waals surface area contributed by atoms with Crippen LogP contribution in [0.4, 0.5) is 0 Å². The largest absolute Gasteiger partial charge is 0.370 e. The summed E-state index contributed by atoms with van der Waals surface area (Å²) in [7, 11) is -7.63. The predicted molar refractivity (Wildman–Crippen MR) is 89.3 cm³/mol. The molecule has 1 amide bonds. The van der Waals surface area contributed by atoms with E-state index in [2.05, 4.69) is 4.99 Å². The van der Waals surface area contributed by atoms with Crippen molar-refractivity contribution in [3.05, 3.63) is 23.3 Å². The van der Waals surface area contributed by atoms with E-state index in [9.17, 15) is 21.6 Å². The van der Waals surface area contributed by atoms with E-state index < -0.39 is 41.7 Å². The van der Waals surface area contributed by atoms with Gasteiger partial charge in [-0.05, 0) is 37.0 Å². The van der Waals surface area contributed by atoms with E-state index in [-0.39, 0.29) is 10.5 Å². The highest BCUT2D eigenvalue weighted by molar-refractivity contribution is 7.94. The summed E-state index contributed by atoms with van der Waals surface area (Å²) < 4.78 is 49.3. The fourth-order valence-electron chi connectivity index (χ4n) is 2.34. The topological polar surface area (TPSA) is 150 Å². The van der Waals surface area contributed by atoms with E-state index >= 15 is 0 Å². The number of rotatable bonds is 5. The predicted octanol–water partition coefficient (Wildman–Crippen LogP) is 0.00220. The number of nitrogens with zero attached hydrogens (tertiary/aromatic N) is 1. The maximum Gasteiger partial charge on any atom is 0.280 e. The summed E-state index contributed by atoms with van der Waals surface area (Å²) in [5, 5.41) is -0.568. The van der Waals surface area contributed by atoms with Gasteiger partial charge in [0, 0.05) is 11.8 Å². The molecular formula is C14H19N3O5S2. The molecule has 0 heterocycles. The van der Waals surface area contributed by atoms with Crippen LogP contribution in [0.1, 0.15) is 35.7 Å². The molecule has 132 valence electrons. The van der Waals surface area contributed by atoms with Crippen LogP contribution in [0.2, 0.25) is 0 Å². The van der Waals surface area contributed by atoms with Gasteiger partial charge < -0.3 is 11.5 Å². The van der Waals surface area contributed by atoms with Crippen LogP contribution >= 0.6 is 0 Å². The van der Waals surface area contributed by atoms with Crippen LogP contribution in [0.5, 0.6) is 0 Å². The monoisotopic (exact) mass is 373 g/mol.